The molecule has 134 valence electrons. The maximum atomic E-state index is 11.8. The van der Waals surface area contributed by atoms with Crippen molar-refractivity contribution in [3.63, 3.8) is 0 Å². The van der Waals surface area contributed by atoms with Crippen LogP contribution in [0.15, 0.2) is 53.0 Å². The van der Waals surface area contributed by atoms with Crippen LogP contribution < -0.4 is 4.31 Å². The third kappa shape index (κ3) is 5.14. The summed E-state index contributed by atoms with van der Waals surface area (Å²) in [7, 11) is 0. The second-order valence-electron chi connectivity index (χ2n) is 6.09. The molecule has 0 radical (unpaired) electrons. The van der Waals surface area contributed by atoms with Crippen molar-refractivity contribution in [2.45, 2.75) is 26.3 Å². The van der Waals surface area contributed by atoms with Gasteiger partial charge in [0, 0.05) is 4.47 Å². The molecular formula is C18H20BrNO4S. The first kappa shape index (κ1) is 19.6. The number of hydrogen-bond acceptors (Lipinski definition) is 2. The number of anilines is 1. The van der Waals surface area contributed by atoms with E-state index in [-0.39, 0.29) is 12.3 Å². The summed E-state index contributed by atoms with van der Waals surface area (Å²) in [4.78, 5) is 11.6. The topological polar surface area (TPSA) is 77.8 Å². The minimum atomic E-state index is -2.43. The van der Waals surface area contributed by atoms with Crippen molar-refractivity contribution in [3.05, 3.63) is 53.0 Å². The van der Waals surface area contributed by atoms with Crippen molar-refractivity contribution in [2.75, 3.05) is 4.31 Å². The van der Waals surface area contributed by atoms with Gasteiger partial charge >= 0.3 is 5.97 Å². The fourth-order valence-corrected chi connectivity index (χ4v) is 3.53. The summed E-state index contributed by atoms with van der Waals surface area (Å²) in [5.41, 5.74) is 2.34. The molecule has 7 heteroatoms. The number of aliphatic carboxylic acids is 1. The van der Waals surface area contributed by atoms with Crippen LogP contribution in [-0.2, 0) is 16.1 Å². The normalized spacial score (nSPS) is 13.5. The molecule has 0 aliphatic rings. The molecule has 5 nitrogen and oxygen atoms in total. The summed E-state index contributed by atoms with van der Waals surface area (Å²) in [6.45, 7) is 3.76. The Bertz CT molecular complexity index is 747. The van der Waals surface area contributed by atoms with E-state index in [4.69, 9.17) is 0 Å². The lowest BCUT2D eigenvalue weighted by Crippen LogP contribution is -2.43. The maximum Gasteiger partial charge on any atom is 0.327 e. The summed E-state index contributed by atoms with van der Waals surface area (Å²) in [5, 5.41) is 9.47. The van der Waals surface area contributed by atoms with Crippen LogP contribution in [0.25, 0.3) is 11.1 Å². The largest absolute Gasteiger partial charge is 0.480 e. The van der Waals surface area contributed by atoms with Gasteiger partial charge in [0.15, 0.2) is 0 Å². The van der Waals surface area contributed by atoms with Crippen LogP contribution in [0.4, 0.5) is 5.69 Å². The highest BCUT2D eigenvalue weighted by atomic mass is 79.9. The van der Waals surface area contributed by atoms with E-state index >= 15 is 0 Å². The van der Waals surface area contributed by atoms with Gasteiger partial charge in [-0.3, -0.25) is 8.86 Å². The summed E-state index contributed by atoms with van der Waals surface area (Å²) >= 11 is 0.960. The molecule has 2 rings (SSSR count). The number of halogens is 1. The summed E-state index contributed by atoms with van der Waals surface area (Å²) in [6.07, 6.45) is 0.274. The lowest BCUT2D eigenvalue weighted by molar-refractivity contribution is -0.138. The van der Waals surface area contributed by atoms with Crippen LogP contribution in [0.1, 0.15) is 20.3 Å². The molecule has 25 heavy (non-hydrogen) atoms. The lowest BCUT2D eigenvalue weighted by atomic mass is 10.0. The van der Waals surface area contributed by atoms with Crippen molar-refractivity contribution in [1.29, 1.82) is 0 Å². The van der Waals surface area contributed by atoms with Crippen LogP contribution >= 0.6 is 15.9 Å². The van der Waals surface area contributed by atoms with Gasteiger partial charge in [-0.2, -0.15) is 0 Å². The second-order valence-corrected chi connectivity index (χ2v) is 7.86. The highest BCUT2D eigenvalue weighted by Crippen LogP contribution is 2.27. The number of carboxylic acid groups (broad SMARTS) is 1. The molecule has 0 saturated carbocycles. The van der Waals surface area contributed by atoms with Crippen molar-refractivity contribution >= 4 is 38.9 Å². The van der Waals surface area contributed by atoms with Gasteiger partial charge in [0.2, 0.25) is 0 Å². The summed E-state index contributed by atoms with van der Waals surface area (Å²) < 4.78 is 23.4. The minimum Gasteiger partial charge on any atom is -0.480 e. The maximum absolute atomic E-state index is 11.8. The van der Waals surface area contributed by atoms with Crippen molar-refractivity contribution in [3.8, 4) is 11.1 Å². The number of nitrogens with zero attached hydrogens (tertiary/aromatic N) is 1. The number of carbonyl (C=O) groups is 1. The average molecular weight is 426 g/mol. The highest BCUT2D eigenvalue weighted by Gasteiger charge is 2.30. The van der Waals surface area contributed by atoms with E-state index in [0.29, 0.717) is 5.69 Å². The van der Waals surface area contributed by atoms with E-state index in [0.717, 1.165) is 19.9 Å². The molecule has 0 heterocycles. The standard InChI is InChI=1S/C18H20BrNO4S/c1-12(2)11-17(18(21)22)20(25(23)24)16-9-5-14(6-10-16)13-3-7-15(19)8-4-13/h3-10,12,17H,11H2,1-2H3,(H,21,22)(H,23,24). The van der Waals surface area contributed by atoms with Gasteiger partial charge < -0.3 is 5.11 Å². The van der Waals surface area contributed by atoms with Gasteiger partial charge in [-0.05, 0) is 47.7 Å². The Labute approximate surface area is 158 Å². The number of hydrogen-bond donors (Lipinski definition) is 2. The Morgan fingerprint density at radius 1 is 1.08 bits per heavy atom. The smallest absolute Gasteiger partial charge is 0.327 e. The van der Waals surface area contributed by atoms with Gasteiger partial charge in [-0.1, -0.05) is 54.0 Å². The molecule has 0 spiro atoms. The molecule has 0 bridgehead atoms. The van der Waals surface area contributed by atoms with Crippen molar-refractivity contribution in [1.82, 2.24) is 0 Å². The van der Waals surface area contributed by atoms with E-state index in [1.165, 1.54) is 0 Å². The summed E-state index contributed by atoms with van der Waals surface area (Å²) in [6, 6.07) is 13.7. The Morgan fingerprint density at radius 2 is 1.56 bits per heavy atom. The molecule has 2 N–H and O–H groups in total. The van der Waals surface area contributed by atoms with Crippen LogP contribution in [0.2, 0.25) is 0 Å². The minimum absolute atomic E-state index is 0.0780. The molecular weight excluding hydrogens is 406 g/mol. The van der Waals surface area contributed by atoms with Crippen LogP contribution in [0.5, 0.6) is 0 Å². The van der Waals surface area contributed by atoms with Gasteiger partial charge in [0.25, 0.3) is 11.3 Å². The Hall–Kier alpha value is -1.70. The fourth-order valence-electron chi connectivity index (χ4n) is 2.57. The fraction of sp³-hybridized carbons (Fsp3) is 0.278. The summed E-state index contributed by atoms with van der Waals surface area (Å²) in [5.74, 6) is -1.04. The molecule has 2 aromatic carbocycles. The van der Waals surface area contributed by atoms with Gasteiger partial charge in [-0.15, -0.1) is 0 Å². The molecule has 0 amide bonds. The highest BCUT2D eigenvalue weighted by molar-refractivity contribution is 9.10. The van der Waals surface area contributed by atoms with Crippen LogP contribution in [0.3, 0.4) is 0 Å². The first-order chi connectivity index (χ1) is 11.8. The molecule has 0 aliphatic heterocycles. The molecule has 2 atom stereocenters. The van der Waals surface area contributed by atoms with Gasteiger partial charge in [0.05, 0.1) is 5.69 Å². The van der Waals surface area contributed by atoms with Crippen LogP contribution in [0, 0.1) is 5.92 Å². The zero-order chi connectivity index (χ0) is 18.6. The predicted octanol–water partition coefficient (Wildman–Crippen LogP) is 4.56. The predicted molar refractivity (Wildman–Crippen MR) is 104 cm³/mol. The zero-order valence-corrected chi connectivity index (χ0v) is 16.3. The molecule has 0 aliphatic carbocycles. The van der Waals surface area contributed by atoms with E-state index in [9.17, 15) is 18.7 Å². The number of benzene rings is 2. The van der Waals surface area contributed by atoms with Gasteiger partial charge in [0.1, 0.15) is 6.04 Å². The lowest BCUT2D eigenvalue weighted by Gasteiger charge is -2.28. The van der Waals surface area contributed by atoms with E-state index in [1.54, 1.807) is 12.1 Å². The SMILES string of the molecule is CC(C)CC(C(=O)O)N(c1ccc(-c2ccc(Br)cc2)cc1)S(=O)O. The number of carboxylic acids is 1. The molecule has 2 aromatic rings. The first-order valence-corrected chi connectivity index (χ1v) is 9.64. The number of rotatable bonds is 7. The van der Waals surface area contributed by atoms with E-state index < -0.39 is 23.3 Å². The third-order valence-corrected chi connectivity index (χ3v) is 5.06. The van der Waals surface area contributed by atoms with Crippen LogP contribution in [-0.4, -0.2) is 25.9 Å². The molecule has 0 fully saturated rings. The Kier molecular flexibility index (Phi) is 6.75. The van der Waals surface area contributed by atoms with Crippen molar-refractivity contribution < 1.29 is 18.7 Å². The van der Waals surface area contributed by atoms with E-state index in [2.05, 4.69) is 15.9 Å². The zero-order valence-electron chi connectivity index (χ0n) is 13.9. The molecule has 0 saturated heterocycles. The third-order valence-electron chi connectivity index (χ3n) is 3.73. The average Bonchev–Trinajstić information content (AvgIpc) is 2.55. The van der Waals surface area contributed by atoms with E-state index in [1.807, 2.05) is 50.2 Å². The Balaban J connectivity index is 2.34. The molecule has 2 unspecified atom stereocenters. The Morgan fingerprint density at radius 3 is 1.96 bits per heavy atom. The first-order valence-electron chi connectivity index (χ1n) is 7.78. The van der Waals surface area contributed by atoms with Crippen molar-refractivity contribution in [2.24, 2.45) is 5.92 Å². The monoisotopic (exact) mass is 425 g/mol. The second kappa shape index (κ2) is 8.60. The molecule has 0 aromatic heterocycles. The van der Waals surface area contributed by atoms with Gasteiger partial charge in [-0.25, -0.2) is 9.00 Å². The quantitative estimate of drug-likeness (QED) is 0.637.